The molecular weight excluding hydrogens is 260 g/mol. The van der Waals surface area contributed by atoms with Gasteiger partial charge >= 0.3 is 0 Å². The molecule has 4 nitrogen and oxygen atoms in total. The number of carbonyl (C=O) groups excluding carboxylic acids is 1. The largest absolute Gasteiger partial charge is 0.368 e. The molecule has 1 atom stereocenters. The van der Waals surface area contributed by atoms with E-state index in [4.69, 9.17) is 10.00 Å². The average Bonchev–Trinajstić information content (AvgIpc) is 2.84. The van der Waals surface area contributed by atoms with Crippen LogP contribution in [0, 0.1) is 11.3 Å². The highest BCUT2D eigenvalue weighted by atomic mass is 32.1. The van der Waals surface area contributed by atoms with Crippen LogP contribution in [0.25, 0.3) is 0 Å². The molecule has 100 valence electrons. The molecule has 1 saturated carbocycles. The van der Waals surface area contributed by atoms with Crippen LogP contribution in [0.2, 0.25) is 0 Å². The molecule has 2 fully saturated rings. The Morgan fingerprint density at radius 1 is 1.58 bits per heavy atom. The Hall–Kier alpha value is -1.38. The quantitative estimate of drug-likeness (QED) is 0.791. The number of nitriles is 1. The van der Waals surface area contributed by atoms with Gasteiger partial charge in [-0.15, -0.1) is 11.3 Å². The maximum atomic E-state index is 12.5. The predicted molar refractivity (Wildman–Crippen MR) is 72.1 cm³/mol. The first kappa shape index (κ1) is 12.6. The molecule has 0 N–H and O–H groups in total. The first-order chi connectivity index (χ1) is 9.12. The summed E-state index contributed by atoms with van der Waals surface area (Å²) in [5.74, 6) is 0.0351. The molecule has 1 spiro atoms. The average molecular weight is 276 g/mol. The minimum atomic E-state index is -0.0946. The standard InChI is InChI=1S/C14H16N2O2S/c1-10-8-16(9-14(18-10)5-2-6-14)13(17)12-4-3-11(7-15)19-12/h3-4,10H,2,5-6,8-9H2,1H3/t10-/m0/s1. The molecule has 1 saturated heterocycles. The zero-order valence-corrected chi connectivity index (χ0v) is 11.7. The second-order valence-electron chi connectivity index (χ2n) is 5.43. The van der Waals surface area contributed by atoms with Gasteiger partial charge in [-0.2, -0.15) is 5.26 Å². The number of amides is 1. The van der Waals surface area contributed by atoms with Crippen molar-refractivity contribution in [3.05, 3.63) is 21.9 Å². The lowest BCUT2D eigenvalue weighted by molar-refractivity contribution is -0.176. The third kappa shape index (κ3) is 2.26. The van der Waals surface area contributed by atoms with Crippen molar-refractivity contribution in [3.63, 3.8) is 0 Å². The Bertz CT molecular complexity index is 542. The van der Waals surface area contributed by atoms with E-state index < -0.39 is 0 Å². The molecule has 2 aliphatic rings. The Labute approximate surface area is 116 Å². The Kier molecular flexibility index (Phi) is 3.08. The first-order valence-electron chi connectivity index (χ1n) is 6.59. The fraction of sp³-hybridized carbons (Fsp3) is 0.571. The fourth-order valence-electron chi connectivity index (χ4n) is 2.89. The summed E-state index contributed by atoms with van der Waals surface area (Å²) in [4.78, 5) is 15.6. The van der Waals surface area contributed by atoms with Crippen LogP contribution in [0.5, 0.6) is 0 Å². The SMILES string of the molecule is C[C@H]1CN(C(=O)c2ccc(C#N)s2)CC2(CCC2)O1. The van der Waals surface area contributed by atoms with Crippen LogP contribution in [0.3, 0.4) is 0 Å². The lowest BCUT2D eigenvalue weighted by atomic mass is 9.78. The highest BCUT2D eigenvalue weighted by Gasteiger charge is 2.45. The molecule has 1 aromatic rings. The van der Waals surface area contributed by atoms with Gasteiger partial charge in [0.05, 0.1) is 23.1 Å². The summed E-state index contributed by atoms with van der Waals surface area (Å²) in [6.45, 7) is 3.35. The second kappa shape index (κ2) is 4.62. The van der Waals surface area contributed by atoms with Gasteiger partial charge in [-0.3, -0.25) is 4.79 Å². The van der Waals surface area contributed by atoms with Gasteiger partial charge in [0.15, 0.2) is 0 Å². The number of hydrogen-bond donors (Lipinski definition) is 0. The monoisotopic (exact) mass is 276 g/mol. The highest BCUT2D eigenvalue weighted by molar-refractivity contribution is 7.14. The summed E-state index contributed by atoms with van der Waals surface area (Å²) in [6, 6.07) is 5.53. The van der Waals surface area contributed by atoms with Crippen LogP contribution >= 0.6 is 11.3 Å². The van der Waals surface area contributed by atoms with Gasteiger partial charge in [-0.1, -0.05) is 0 Å². The fourth-order valence-corrected chi connectivity index (χ4v) is 3.67. The molecule has 1 aliphatic heterocycles. The zero-order valence-electron chi connectivity index (χ0n) is 10.9. The number of rotatable bonds is 1. The normalized spacial score (nSPS) is 24.8. The van der Waals surface area contributed by atoms with E-state index in [1.165, 1.54) is 17.8 Å². The van der Waals surface area contributed by atoms with Crippen molar-refractivity contribution in [2.24, 2.45) is 0 Å². The smallest absolute Gasteiger partial charge is 0.264 e. The molecule has 1 aromatic heterocycles. The molecule has 0 bridgehead atoms. The summed E-state index contributed by atoms with van der Waals surface area (Å²) in [6.07, 6.45) is 3.38. The van der Waals surface area contributed by atoms with E-state index >= 15 is 0 Å². The van der Waals surface area contributed by atoms with E-state index in [9.17, 15) is 4.79 Å². The molecule has 1 amide bonds. The van der Waals surface area contributed by atoms with Gasteiger partial charge in [0.2, 0.25) is 0 Å². The van der Waals surface area contributed by atoms with Crippen LogP contribution < -0.4 is 0 Å². The van der Waals surface area contributed by atoms with Crippen molar-refractivity contribution >= 4 is 17.2 Å². The summed E-state index contributed by atoms with van der Waals surface area (Å²) in [5.41, 5.74) is -0.0946. The van der Waals surface area contributed by atoms with Crippen LogP contribution in [0.1, 0.15) is 40.7 Å². The summed E-state index contributed by atoms with van der Waals surface area (Å²) in [5, 5.41) is 8.83. The van der Waals surface area contributed by atoms with Gasteiger partial charge in [0, 0.05) is 6.54 Å². The number of ether oxygens (including phenoxy) is 1. The molecule has 0 unspecified atom stereocenters. The maximum absolute atomic E-state index is 12.5. The maximum Gasteiger partial charge on any atom is 0.264 e. The van der Waals surface area contributed by atoms with Crippen molar-refractivity contribution < 1.29 is 9.53 Å². The van der Waals surface area contributed by atoms with Crippen LogP contribution in [-0.2, 0) is 4.74 Å². The van der Waals surface area contributed by atoms with Gasteiger partial charge in [-0.25, -0.2) is 0 Å². The first-order valence-corrected chi connectivity index (χ1v) is 7.41. The van der Waals surface area contributed by atoms with Gasteiger partial charge in [-0.05, 0) is 38.3 Å². The molecule has 3 rings (SSSR count). The van der Waals surface area contributed by atoms with Crippen LogP contribution in [0.4, 0.5) is 0 Å². The Morgan fingerprint density at radius 3 is 2.95 bits per heavy atom. The zero-order chi connectivity index (χ0) is 13.5. The van der Waals surface area contributed by atoms with Crippen molar-refractivity contribution in [3.8, 4) is 6.07 Å². The molecule has 1 aliphatic carbocycles. The summed E-state index contributed by atoms with van der Waals surface area (Å²) in [7, 11) is 0. The number of morpholine rings is 1. The highest BCUT2D eigenvalue weighted by Crippen LogP contribution is 2.40. The number of thiophene rings is 1. The molecule has 2 heterocycles. The van der Waals surface area contributed by atoms with Crippen LogP contribution in [0.15, 0.2) is 12.1 Å². The van der Waals surface area contributed by atoms with Crippen molar-refractivity contribution in [1.82, 2.24) is 4.90 Å². The van der Waals surface area contributed by atoms with Gasteiger partial charge in [0.1, 0.15) is 10.9 Å². The van der Waals surface area contributed by atoms with Crippen LogP contribution in [-0.4, -0.2) is 35.6 Å². The van der Waals surface area contributed by atoms with E-state index in [1.54, 1.807) is 12.1 Å². The Morgan fingerprint density at radius 2 is 2.37 bits per heavy atom. The van der Waals surface area contributed by atoms with Crippen molar-refractivity contribution in [2.45, 2.75) is 37.9 Å². The van der Waals surface area contributed by atoms with E-state index in [1.807, 2.05) is 11.8 Å². The minimum Gasteiger partial charge on any atom is -0.368 e. The van der Waals surface area contributed by atoms with Crippen molar-refractivity contribution in [2.75, 3.05) is 13.1 Å². The van der Waals surface area contributed by atoms with Gasteiger partial charge < -0.3 is 9.64 Å². The molecule has 0 aromatic carbocycles. The van der Waals surface area contributed by atoms with E-state index in [0.29, 0.717) is 22.8 Å². The number of hydrogen-bond acceptors (Lipinski definition) is 4. The summed E-state index contributed by atoms with van der Waals surface area (Å²) >= 11 is 1.27. The third-order valence-electron chi connectivity index (χ3n) is 3.89. The van der Waals surface area contributed by atoms with E-state index in [2.05, 4.69) is 6.07 Å². The van der Waals surface area contributed by atoms with E-state index in [0.717, 1.165) is 12.8 Å². The molecule has 19 heavy (non-hydrogen) atoms. The molecule has 5 heteroatoms. The number of carbonyl (C=O) groups is 1. The number of nitrogens with zero attached hydrogens (tertiary/aromatic N) is 2. The minimum absolute atomic E-state index is 0.0351. The molecule has 0 radical (unpaired) electrons. The predicted octanol–water partition coefficient (Wildman–Crippen LogP) is 2.40. The summed E-state index contributed by atoms with van der Waals surface area (Å²) < 4.78 is 6.01. The second-order valence-corrected chi connectivity index (χ2v) is 6.51. The lowest BCUT2D eigenvalue weighted by Crippen LogP contribution is -2.59. The third-order valence-corrected chi connectivity index (χ3v) is 4.86. The Balaban J connectivity index is 1.77. The topological polar surface area (TPSA) is 53.3 Å². The lowest BCUT2D eigenvalue weighted by Gasteiger charge is -2.50. The molecular formula is C14H16N2O2S. The van der Waals surface area contributed by atoms with Gasteiger partial charge in [0.25, 0.3) is 5.91 Å². The van der Waals surface area contributed by atoms with E-state index in [-0.39, 0.29) is 17.6 Å². The van der Waals surface area contributed by atoms with Crippen molar-refractivity contribution in [1.29, 1.82) is 5.26 Å².